The van der Waals surface area contributed by atoms with Crippen molar-refractivity contribution in [1.82, 2.24) is 0 Å². The summed E-state index contributed by atoms with van der Waals surface area (Å²) in [6, 6.07) is 0. The Labute approximate surface area is 204 Å². The second-order valence-corrected chi connectivity index (χ2v) is 14.3. The van der Waals surface area contributed by atoms with Gasteiger partial charge < -0.3 is 5.11 Å². The second kappa shape index (κ2) is 9.50. The van der Waals surface area contributed by atoms with Crippen molar-refractivity contribution in [2.45, 2.75) is 95.7 Å². The van der Waals surface area contributed by atoms with Crippen molar-refractivity contribution in [2.24, 2.45) is 17.3 Å². The molecule has 190 valence electrons. The van der Waals surface area contributed by atoms with Gasteiger partial charge >= 0.3 is 5.25 Å². The second-order valence-electron chi connectivity index (χ2n) is 11.5. The summed E-state index contributed by atoms with van der Waals surface area (Å²) in [5, 5.41) is 6.11. The molecule has 0 aromatic heterocycles. The average molecular weight is 495 g/mol. The van der Waals surface area contributed by atoms with Gasteiger partial charge in [0.15, 0.2) is 0 Å². The van der Waals surface area contributed by atoms with Crippen molar-refractivity contribution < 1.29 is 22.3 Å². The third-order valence-electron chi connectivity index (χ3n) is 8.03. The zero-order valence-electron chi connectivity index (χ0n) is 21.2. The summed E-state index contributed by atoms with van der Waals surface area (Å²) in [5.41, 5.74) is 4.55. The number of hydrogen-bond donors (Lipinski definition) is 1. The number of rotatable bonds is 5. The zero-order valence-corrected chi connectivity index (χ0v) is 22.0. The summed E-state index contributed by atoms with van der Waals surface area (Å²) in [7, 11) is -4.65. The van der Waals surface area contributed by atoms with Gasteiger partial charge in [-0.15, -0.1) is 0 Å². The van der Waals surface area contributed by atoms with Crippen LogP contribution >= 0.6 is 0 Å². The van der Waals surface area contributed by atoms with Crippen LogP contribution in [0.15, 0.2) is 59.3 Å². The maximum atomic E-state index is 14.6. The summed E-state index contributed by atoms with van der Waals surface area (Å²) in [5.74, 6) is 0.0339. The van der Waals surface area contributed by atoms with Crippen molar-refractivity contribution >= 4 is 9.84 Å². The minimum Gasteiger partial charge on any atom is -0.393 e. The highest BCUT2D eigenvalue weighted by atomic mass is 32.2. The van der Waals surface area contributed by atoms with E-state index in [1.54, 1.807) is 0 Å². The molecule has 4 atom stereocenters. The van der Waals surface area contributed by atoms with Crippen LogP contribution < -0.4 is 0 Å². The SMILES string of the molecule is C=C1CCC(O)CC1=CC=C1CCCC2(C)C(C(C)C=CC(F)(F)S(=O)(=O)C(C)(C)C)=CCC12. The lowest BCUT2D eigenvalue weighted by Gasteiger charge is -2.42. The highest BCUT2D eigenvalue weighted by molar-refractivity contribution is 7.93. The van der Waals surface area contributed by atoms with Gasteiger partial charge in [0.2, 0.25) is 9.84 Å². The average Bonchev–Trinajstić information content (AvgIpc) is 3.09. The van der Waals surface area contributed by atoms with E-state index in [9.17, 15) is 22.3 Å². The van der Waals surface area contributed by atoms with Crippen LogP contribution in [-0.2, 0) is 9.84 Å². The molecule has 0 spiro atoms. The topological polar surface area (TPSA) is 54.4 Å². The Morgan fingerprint density at radius 1 is 1.24 bits per heavy atom. The molecule has 4 unspecified atom stereocenters. The summed E-state index contributed by atoms with van der Waals surface area (Å²) in [6.45, 7) is 12.1. The maximum Gasteiger partial charge on any atom is 0.364 e. The van der Waals surface area contributed by atoms with Gasteiger partial charge in [0, 0.05) is 0 Å². The molecule has 2 fully saturated rings. The Morgan fingerprint density at radius 2 is 1.91 bits per heavy atom. The summed E-state index contributed by atoms with van der Waals surface area (Å²) in [6.07, 6.45) is 14.2. The van der Waals surface area contributed by atoms with Gasteiger partial charge in [-0.2, -0.15) is 8.78 Å². The monoisotopic (exact) mass is 494 g/mol. The zero-order chi connectivity index (χ0) is 25.5. The molecule has 0 amide bonds. The van der Waals surface area contributed by atoms with E-state index >= 15 is 0 Å². The van der Waals surface area contributed by atoms with E-state index in [0.717, 1.165) is 55.2 Å². The Hall–Kier alpha value is -1.53. The number of halogens is 2. The van der Waals surface area contributed by atoms with Crippen molar-refractivity contribution in [2.75, 3.05) is 0 Å². The standard InChI is InChI=1S/C28H40F2O3S/c1-19-9-12-23(31)18-22(19)11-10-21-8-7-16-27(6)24(13-14-25(21)27)20(2)15-17-28(29,30)34(32,33)26(3,4)5/h10-11,13,15,17,20,23,25,31H,1,7-9,12,14,16,18H2,2-6H3. The molecule has 34 heavy (non-hydrogen) atoms. The fourth-order valence-electron chi connectivity index (χ4n) is 5.81. The normalized spacial score (nSPS) is 32.4. The van der Waals surface area contributed by atoms with Crippen LogP contribution in [0.3, 0.4) is 0 Å². The fourth-order valence-corrected chi connectivity index (χ4v) is 6.89. The highest BCUT2D eigenvalue weighted by Gasteiger charge is 2.50. The molecule has 3 aliphatic rings. The molecule has 0 bridgehead atoms. The number of sulfone groups is 1. The van der Waals surface area contributed by atoms with Crippen molar-refractivity contribution in [3.05, 3.63) is 59.3 Å². The molecule has 0 heterocycles. The predicted octanol–water partition coefficient (Wildman–Crippen LogP) is 7.08. The van der Waals surface area contributed by atoms with Crippen molar-refractivity contribution in [3.63, 3.8) is 0 Å². The molecule has 3 nitrogen and oxygen atoms in total. The van der Waals surface area contributed by atoms with E-state index in [4.69, 9.17) is 0 Å². The predicted molar refractivity (Wildman–Crippen MR) is 135 cm³/mol. The first kappa shape index (κ1) is 27.1. The Bertz CT molecular complexity index is 1040. The first-order chi connectivity index (χ1) is 15.6. The first-order valence-electron chi connectivity index (χ1n) is 12.4. The third kappa shape index (κ3) is 5.04. The van der Waals surface area contributed by atoms with Crippen molar-refractivity contribution in [1.29, 1.82) is 0 Å². The van der Waals surface area contributed by atoms with E-state index in [1.165, 1.54) is 32.4 Å². The smallest absolute Gasteiger partial charge is 0.364 e. The summed E-state index contributed by atoms with van der Waals surface area (Å²) < 4.78 is 52.4. The molecular formula is C28H40F2O3S. The molecule has 1 N–H and O–H groups in total. The highest BCUT2D eigenvalue weighted by Crippen LogP contribution is 2.56. The van der Waals surface area contributed by atoms with E-state index in [0.29, 0.717) is 18.4 Å². The van der Waals surface area contributed by atoms with E-state index in [-0.39, 0.29) is 17.4 Å². The quantitative estimate of drug-likeness (QED) is 0.416. The lowest BCUT2D eigenvalue weighted by atomic mass is 9.62. The van der Waals surface area contributed by atoms with Crippen LogP contribution in [-0.4, -0.2) is 29.6 Å². The lowest BCUT2D eigenvalue weighted by Crippen LogP contribution is -2.41. The first-order valence-corrected chi connectivity index (χ1v) is 13.9. The summed E-state index contributed by atoms with van der Waals surface area (Å²) in [4.78, 5) is 0. The van der Waals surface area contributed by atoms with Crippen LogP contribution in [0.4, 0.5) is 8.78 Å². The van der Waals surface area contributed by atoms with Gasteiger partial charge in [-0.1, -0.05) is 61.4 Å². The van der Waals surface area contributed by atoms with Gasteiger partial charge in [0.05, 0.1) is 10.9 Å². The molecule has 0 aromatic rings. The van der Waals surface area contributed by atoms with Gasteiger partial charge in [-0.05, 0) is 94.6 Å². The Morgan fingerprint density at radius 3 is 2.56 bits per heavy atom. The molecular weight excluding hydrogens is 454 g/mol. The van der Waals surface area contributed by atoms with Gasteiger partial charge in [-0.3, -0.25) is 0 Å². The number of aliphatic hydroxyl groups excluding tert-OH is 1. The molecule has 6 heteroatoms. The van der Waals surface area contributed by atoms with Crippen molar-refractivity contribution in [3.8, 4) is 0 Å². The Kier molecular flexibility index (Phi) is 7.56. The Balaban J connectivity index is 1.80. The minimum absolute atomic E-state index is 0.131. The molecule has 0 saturated heterocycles. The number of allylic oxidation sites excluding steroid dienone is 7. The molecule has 3 aliphatic carbocycles. The number of hydrogen-bond acceptors (Lipinski definition) is 3. The maximum absolute atomic E-state index is 14.6. The van der Waals surface area contributed by atoms with E-state index < -0.39 is 19.8 Å². The molecule has 3 rings (SSSR count). The van der Waals surface area contributed by atoms with E-state index in [2.05, 4.69) is 31.7 Å². The van der Waals surface area contributed by atoms with Crippen LogP contribution in [0.1, 0.15) is 79.6 Å². The lowest BCUT2D eigenvalue weighted by molar-refractivity contribution is 0.143. The fraction of sp³-hybridized carbons (Fsp3) is 0.643. The van der Waals surface area contributed by atoms with Crippen LogP contribution in [0.25, 0.3) is 0 Å². The van der Waals surface area contributed by atoms with Crippen LogP contribution in [0.5, 0.6) is 0 Å². The molecule has 2 saturated carbocycles. The number of fused-ring (bicyclic) bond motifs is 1. The van der Waals surface area contributed by atoms with Gasteiger partial charge in [-0.25, -0.2) is 8.42 Å². The summed E-state index contributed by atoms with van der Waals surface area (Å²) >= 11 is 0. The van der Waals surface area contributed by atoms with Gasteiger partial charge in [0.1, 0.15) is 0 Å². The number of aliphatic hydroxyl groups is 1. The van der Waals surface area contributed by atoms with Crippen LogP contribution in [0, 0.1) is 17.3 Å². The van der Waals surface area contributed by atoms with Crippen LogP contribution in [0.2, 0.25) is 0 Å². The van der Waals surface area contributed by atoms with Gasteiger partial charge in [0.25, 0.3) is 0 Å². The molecule has 0 radical (unpaired) electrons. The molecule has 0 aliphatic heterocycles. The molecule has 0 aromatic carbocycles. The minimum atomic E-state index is -4.65. The van der Waals surface area contributed by atoms with E-state index in [1.807, 2.05) is 6.92 Å². The third-order valence-corrected chi connectivity index (χ3v) is 10.5. The number of alkyl halides is 2. The largest absolute Gasteiger partial charge is 0.393 e.